The Bertz CT molecular complexity index is 305. The van der Waals surface area contributed by atoms with E-state index in [0.29, 0.717) is 12.8 Å². The molecule has 5 nitrogen and oxygen atoms in total. The second-order valence-electron chi connectivity index (χ2n) is 5.78. The summed E-state index contributed by atoms with van der Waals surface area (Å²) in [5.41, 5.74) is -0.517. The number of rotatable bonds is 6. The quantitative estimate of drug-likeness (QED) is 0.739. The van der Waals surface area contributed by atoms with E-state index in [0.717, 1.165) is 13.0 Å². The maximum Gasteiger partial charge on any atom is 0.407 e. The fourth-order valence-electron chi connectivity index (χ4n) is 1.56. The SMILES string of the molecule is C[C@H](CC(=O)CCC1CO1)NC(=O)OC(C)(C)C. The van der Waals surface area contributed by atoms with Crippen LogP contribution in [0.5, 0.6) is 0 Å². The van der Waals surface area contributed by atoms with Crippen LogP contribution >= 0.6 is 0 Å². The Morgan fingerprint density at radius 3 is 2.56 bits per heavy atom. The lowest BCUT2D eigenvalue weighted by molar-refractivity contribution is -0.119. The second-order valence-corrected chi connectivity index (χ2v) is 5.78. The molecule has 1 aliphatic heterocycles. The second kappa shape index (κ2) is 6.18. The van der Waals surface area contributed by atoms with Crippen LogP contribution in [0.1, 0.15) is 47.0 Å². The Balaban J connectivity index is 2.16. The predicted molar refractivity (Wildman–Crippen MR) is 67.4 cm³/mol. The molecule has 1 fully saturated rings. The molecule has 2 atom stereocenters. The van der Waals surface area contributed by atoms with E-state index in [1.165, 1.54) is 0 Å². The minimum atomic E-state index is -0.517. The van der Waals surface area contributed by atoms with Crippen molar-refractivity contribution in [2.24, 2.45) is 0 Å². The summed E-state index contributed by atoms with van der Waals surface area (Å²) in [7, 11) is 0. The van der Waals surface area contributed by atoms with E-state index in [1.807, 2.05) is 0 Å². The molecule has 5 heteroatoms. The molecule has 18 heavy (non-hydrogen) atoms. The number of carbonyl (C=O) groups excluding carboxylic acids is 2. The number of hydrogen-bond acceptors (Lipinski definition) is 4. The topological polar surface area (TPSA) is 67.9 Å². The third-order valence-electron chi connectivity index (χ3n) is 2.44. The average molecular weight is 257 g/mol. The summed E-state index contributed by atoms with van der Waals surface area (Å²) in [5, 5.41) is 2.66. The molecule has 0 bridgehead atoms. The summed E-state index contributed by atoms with van der Waals surface area (Å²) >= 11 is 0. The molecule has 0 radical (unpaired) electrons. The van der Waals surface area contributed by atoms with Gasteiger partial charge in [-0.25, -0.2) is 4.79 Å². The smallest absolute Gasteiger partial charge is 0.407 e. The minimum absolute atomic E-state index is 0.147. The van der Waals surface area contributed by atoms with Gasteiger partial charge >= 0.3 is 6.09 Å². The van der Waals surface area contributed by atoms with Gasteiger partial charge in [0.05, 0.1) is 12.7 Å². The highest BCUT2D eigenvalue weighted by Crippen LogP contribution is 2.16. The van der Waals surface area contributed by atoms with Crippen molar-refractivity contribution < 1.29 is 19.1 Å². The lowest BCUT2D eigenvalue weighted by Crippen LogP contribution is -2.38. The number of Topliss-reactive ketones (excluding diaryl/α,β-unsaturated/α-hetero) is 1. The zero-order valence-corrected chi connectivity index (χ0v) is 11.6. The molecule has 1 saturated heterocycles. The Hall–Kier alpha value is -1.10. The molecule has 104 valence electrons. The number of ketones is 1. The molecule has 1 heterocycles. The molecular weight excluding hydrogens is 234 g/mol. The lowest BCUT2D eigenvalue weighted by Gasteiger charge is -2.21. The van der Waals surface area contributed by atoms with Crippen molar-refractivity contribution in [2.75, 3.05) is 6.61 Å². The fraction of sp³-hybridized carbons (Fsp3) is 0.846. The monoisotopic (exact) mass is 257 g/mol. The molecule has 0 aromatic rings. The van der Waals surface area contributed by atoms with E-state index >= 15 is 0 Å². The van der Waals surface area contributed by atoms with Gasteiger partial charge in [0.2, 0.25) is 0 Å². The van der Waals surface area contributed by atoms with Gasteiger partial charge < -0.3 is 14.8 Å². The minimum Gasteiger partial charge on any atom is -0.444 e. The molecule has 0 spiro atoms. The Labute approximate surface area is 108 Å². The highest BCUT2D eigenvalue weighted by molar-refractivity contribution is 5.79. The van der Waals surface area contributed by atoms with Crippen molar-refractivity contribution in [3.8, 4) is 0 Å². The van der Waals surface area contributed by atoms with E-state index in [1.54, 1.807) is 27.7 Å². The lowest BCUT2D eigenvalue weighted by atomic mass is 10.1. The van der Waals surface area contributed by atoms with Gasteiger partial charge in [0.15, 0.2) is 0 Å². The molecule has 1 aliphatic rings. The number of amides is 1. The third kappa shape index (κ3) is 7.27. The maximum absolute atomic E-state index is 11.6. The highest BCUT2D eigenvalue weighted by atomic mass is 16.6. The van der Waals surface area contributed by atoms with Crippen molar-refractivity contribution >= 4 is 11.9 Å². The number of hydrogen-bond donors (Lipinski definition) is 1. The normalized spacial score (nSPS) is 20.1. The zero-order valence-electron chi connectivity index (χ0n) is 11.6. The van der Waals surface area contributed by atoms with Crippen LogP contribution < -0.4 is 5.32 Å². The van der Waals surface area contributed by atoms with E-state index < -0.39 is 11.7 Å². The van der Waals surface area contributed by atoms with Gasteiger partial charge in [-0.1, -0.05) is 0 Å². The third-order valence-corrected chi connectivity index (χ3v) is 2.44. The first-order valence-electron chi connectivity index (χ1n) is 6.39. The van der Waals surface area contributed by atoms with Crippen LogP contribution in [-0.4, -0.2) is 36.2 Å². The molecule has 0 saturated carbocycles. The first kappa shape index (κ1) is 15.0. The summed E-state index contributed by atoms with van der Waals surface area (Å²) in [5.74, 6) is 0.147. The van der Waals surface area contributed by atoms with E-state index in [9.17, 15) is 9.59 Å². The van der Waals surface area contributed by atoms with Crippen molar-refractivity contribution in [3.05, 3.63) is 0 Å². The van der Waals surface area contributed by atoms with Gasteiger partial charge in [-0.15, -0.1) is 0 Å². The summed E-state index contributed by atoms with van der Waals surface area (Å²) in [4.78, 5) is 23.1. The molecule has 1 amide bonds. The molecular formula is C13H23NO4. The van der Waals surface area contributed by atoms with Gasteiger partial charge in [-0.05, 0) is 34.1 Å². The average Bonchev–Trinajstić information content (AvgIpc) is 2.93. The molecule has 1 N–H and O–H groups in total. The highest BCUT2D eigenvalue weighted by Gasteiger charge is 2.24. The van der Waals surface area contributed by atoms with Crippen LogP contribution in [0.15, 0.2) is 0 Å². The summed E-state index contributed by atoms with van der Waals surface area (Å²) in [6, 6.07) is -0.201. The number of ether oxygens (including phenoxy) is 2. The fourth-order valence-corrected chi connectivity index (χ4v) is 1.56. The van der Waals surface area contributed by atoms with Crippen LogP contribution in [0.3, 0.4) is 0 Å². The van der Waals surface area contributed by atoms with Crippen molar-refractivity contribution in [3.63, 3.8) is 0 Å². The van der Waals surface area contributed by atoms with Crippen molar-refractivity contribution in [2.45, 2.75) is 64.7 Å². The van der Waals surface area contributed by atoms with Gasteiger partial charge in [0, 0.05) is 18.9 Å². The largest absolute Gasteiger partial charge is 0.444 e. The van der Waals surface area contributed by atoms with Crippen molar-refractivity contribution in [1.29, 1.82) is 0 Å². The number of alkyl carbamates (subject to hydrolysis) is 1. The van der Waals surface area contributed by atoms with Crippen LogP contribution in [0.2, 0.25) is 0 Å². The Morgan fingerprint density at radius 2 is 2.06 bits per heavy atom. The van der Waals surface area contributed by atoms with Gasteiger partial charge in [0.1, 0.15) is 11.4 Å². The van der Waals surface area contributed by atoms with Crippen molar-refractivity contribution in [1.82, 2.24) is 5.32 Å². The Kier molecular flexibility index (Phi) is 5.14. The van der Waals surface area contributed by atoms with E-state index in [-0.39, 0.29) is 17.9 Å². The van der Waals surface area contributed by atoms with Crippen LogP contribution in [0, 0.1) is 0 Å². The Morgan fingerprint density at radius 1 is 1.44 bits per heavy atom. The molecule has 0 aliphatic carbocycles. The van der Waals surface area contributed by atoms with Crippen LogP contribution in [0.4, 0.5) is 4.79 Å². The summed E-state index contributed by atoms with van der Waals surface area (Å²) in [6.07, 6.45) is 1.45. The number of nitrogens with one attached hydrogen (secondary N) is 1. The number of epoxide rings is 1. The van der Waals surface area contributed by atoms with Gasteiger partial charge in [-0.3, -0.25) is 4.79 Å². The zero-order chi connectivity index (χ0) is 13.8. The van der Waals surface area contributed by atoms with Gasteiger partial charge in [0.25, 0.3) is 0 Å². The molecule has 1 unspecified atom stereocenters. The maximum atomic E-state index is 11.6. The molecule has 1 rings (SSSR count). The first-order valence-corrected chi connectivity index (χ1v) is 6.39. The predicted octanol–water partition coefficient (Wildman–Crippen LogP) is 2.04. The van der Waals surface area contributed by atoms with Crippen LogP contribution in [0.25, 0.3) is 0 Å². The molecule has 0 aromatic carbocycles. The van der Waals surface area contributed by atoms with E-state index in [2.05, 4.69) is 5.32 Å². The van der Waals surface area contributed by atoms with Gasteiger partial charge in [-0.2, -0.15) is 0 Å². The summed E-state index contributed by atoms with van der Waals surface area (Å²) in [6.45, 7) is 7.99. The number of carbonyl (C=O) groups is 2. The van der Waals surface area contributed by atoms with Crippen LogP contribution in [-0.2, 0) is 14.3 Å². The summed E-state index contributed by atoms with van der Waals surface area (Å²) < 4.78 is 10.2. The molecule has 0 aromatic heterocycles. The van der Waals surface area contributed by atoms with E-state index in [4.69, 9.17) is 9.47 Å². The first-order chi connectivity index (χ1) is 8.26. The standard InChI is InChI=1S/C13H23NO4/c1-9(14-12(16)18-13(2,3)4)7-10(15)5-6-11-8-17-11/h9,11H,5-8H2,1-4H3,(H,14,16)/t9-,11?/m1/s1.